The molecule has 2 rings (SSSR count). The van der Waals surface area contributed by atoms with E-state index in [1.54, 1.807) is 4.88 Å². The van der Waals surface area contributed by atoms with Gasteiger partial charge in [0.15, 0.2) is 0 Å². The smallest absolute Gasteiger partial charge is 0.0182 e. The molecule has 1 aliphatic carbocycles. The van der Waals surface area contributed by atoms with E-state index in [0.717, 1.165) is 6.54 Å². The van der Waals surface area contributed by atoms with E-state index in [0.29, 0.717) is 16.9 Å². The molecule has 1 fully saturated rings. The van der Waals surface area contributed by atoms with E-state index in [4.69, 9.17) is 0 Å². The molecule has 0 amide bonds. The zero-order valence-electron chi connectivity index (χ0n) is 13.7. The Hall–Kier alpha value is -0.340. The molecule has 1 aromatic heterocycles. The first kappa shape index (κ1) is 16.0. The fourth-order valence-corrected chi connectivity index (χ4v) is 5.22. The van der Waals surface area contributed by atoms with E-state index in [2.05, 4.69) is 50.5 Å². The average Bonchev–Trinajstić information content (AvgIpc) is 2.87. The van der Waals surface area contributed by atoms with Crippen LogP contribution in [0.1, 0.15) is 71.1 Å². The Morgan fingerprint density at radius 1 is 1.20 bits per heavy atom. The molecule has 1 aliphatic rings. The SMILES string of the molecule is CCCC1(CCC)CC(CNC(C)C)(c2cccs2)C1. The summed E-state index contributed by atoms with van der Waals surface area (Å²) in [5, 5.41) is 5.95. The first-order valence-electron chi connectivity index (χ1n) is 8.33. The number of nitrogens with one attached hydrogen (secondary N) is 1. The largest absolute Gasteiger partial charge is 0.314 e. The fraction of sp³-hybridized carbons (Fsp3) is 0.778. The lowest BCUT2D eigenvalue weighted by atomic mass is 9.49. The predicted molar refractivity (Wildman–Crippen MR) is 90.6 cm³/mol. The third-order valence-corrected chi connectivity index (χ3v) is 6.00. The molecule has 1 saturated carbocycles. The third-order valence-electron chi connectivity index (χ3n) is 4.88. The molecule has 0 atom stereocenters. The fourth-order valence-electron chi connectivity index (χ4n) is 4.29. The summed E-state index contributed by atoms with van der Waals surface area (Å²) in [6.45, 7) is 10.3. The summed E-state index contributed by atoms with van der Waals surface area (Å²) in [7, 11) is 0. The van der Waals surface area contributed by atoms with Gasteiger partial charge >= 0.3 is 0 Å². The van der Waals surface area contributed by atoms with Gasteiger partial charge in [-0.15, -0.1) is 11.3 Å². The van der Waals surface area contributed by atoms with Crippen molar-refractivity contribution in [1.29, 1.82) is 0 Å². The standard InChI is InChI=1S/C18H31NS/c1-5-9-17(10-6-2)12-18(13-17,14-19-15(3)4)16-8-7-11-20-16/h7-8,11,15,19H,5-6,9-10,12-14H2,1-4H3. The van der Waals surface area contributed by atoms with Crippen molar-refractivity contribution < 1.29 is 0 Å². The third kappa shape index (κ3) is 3.28. The zero-order chi connectivity index (χ0) is 14.6. The van der Waals surface area contributed by atoms with Gasteiger partial charge in [-0.1, -0.05) is 46.6 Å². The average molecular weight is 294 g/mol. The van der Waals surface area contributed by atoms with Crippen molar-refractivity contribution in [2.24, 2.45) is 5.41 Å². The Balaban J connectivity index is 2.11. The maximum absolute atomic E-state index is 3.71. The van der Waals surface area contributed by atoms with Gasteiger partial charge in [-0.2, -0.15) is 0 Å². The van der Waals surface area contributed by atoms with Crippen LogP contribution in [0, 0.1) is 5.41 Å². The highest BCUT2D eigenvalue weighted by molar-refractivity contribution is 7.10. The maximum atomic E-state index is 3.71. The van der Waals surface area contributed by atoms with Crippen molar-refractivity contribution in [2.45, 2.75) is 77.7 Å². The Morgan fingerprint density at radius 2 is 1.85 bits per heavy atom. The molecule has 0 saturated heterocycles. The van der Waals surface area contributed by atoms with Crippen LogP contribution in [0.25, 0.3) is 0 Å². The summed E-state index contributed by atoms with van der Waals surface area (Å²) in [6, 6.07) is 5.16. The van der Waals surface area contributed by atoms with E-state index < -0.39 is 0 Å². The van der Waals surface area contributed by atoms with Gasteiger partial charge in [0.05, 0.1) is 0 Å². The first-order valence-corrected chi connectivity index (χ1v) is 9.21. The van der Waals surface area contributed by atoms with Crippen molar-refractivity contribution >= 4 is 11.3 Å². The minimum absolute atomic E-state index is 0.419. The van der Waals surface area contributed by atoms with Crippen LogP contribution in [0.5, 0.6) is 0 Å². The molecule has 0 aromatic carbocycles. The van der Waals surface area contributed by atoms with Gasteiger partial charge in [-0.25, -0.2) is 0 Å². The van der Waals surface area contributed by atoms with E-state index >= 15 is 0 Å². The van der Waals surface area contributed by atoms with E-state index in [9.17, 15) is 0 Å². The summed E-state index contributed by atoms with van der Waals surface area (Å²) < 4.78 is 0. The molecule has 114 valence electrons. The molecular formula is C18H31NS. The number of hydrogen-bond donors (Lipinski definition) is 1. The van der Waals surface area contributed by atoms with Crippen molar-refractivity contribution in [3.05, 3.63) is 22.4 Å². The predicted octanol–water partition coefficient (Wildman–Crippen LogP) is 5.36. The molecule has 20 heavy (non-hydrogen) atoms. The van der Waals surface area contributed by atoms with Crippen LogP contribution < -0.4 is 5.32 Å². The van der Waals surface area contributed by atoms with E-state index in [1.807, 2.05) is 11.3 Å². The molecule has 1 aromatic rings. The van der Waals surface area contributed by atoms with Gasteiger partial charge < -0.3 is 5.32 Å². The van der Waals surface area contributed by atoms with Gasteiger partial charge in [-0.05, 0) is 42.5 Å². The van der Waals surface area contributed by atoms with Crippen LogP contribution in [-0.2, 0) is 5.41 Å². The van der Waals surface area contributed by atoms with Crippen LogP contribution >= 0.6 is 11.3 Å². The first-order chi connectivity index (χ1) is 9.56. The molecular weight excluding hydrogens is 262 g/mol. The Kier molecular flexibility index (Phi) is 5.30. The Labute approximate surface area is 129 Å². The normalized spacial score (nSPS) is 20.1. The molecule has 0 unspecified atom stereocenters. The Bertz CT molecular complexity index is 380. The van der Waals surface area contributed by atoms with Crippen LogP contribution in [0.2, 0.25) is 0 Å². The number of thiophene rings is 1. The summed E-state index contributed by atoms with van der Waals surface area (Å²) in [5.41, 5.74) is 1.05. The summed E-state index contributed by atoms with van der Waals surface area (Å²) in [5.74, 6) is 0. The molecule has 0 spiro atoms. The molecule has 0 radical (unpaired) electrons. The van der Waals surface area contributed by atoms with E-state index in [-0.39, 0.29) is 0 Å². The molecule has 0 bridgehead atoms. The highest BCUT2D eigenvalue weighted by Gasteiger charge is 2.54. The summed E-state index contributed by atoms with van der Waals surface area (Å²) in [6.07, 6.45) is 8.27. The second-order valence-corrected chi connectivity index (χ2v) is 8.09. The summed E-state index contributed by atoms with van der Waals surface area (Å²) >= 11 is 1.95. The van der Waals surface area contributed by atoms with Crippen molar-refractivity contribution in [1.82, 2.24) is 5.32 Å². The number of hydrogen-bond acceptors (Lipinski definition) is 2. The van der Waals surface area contributed by atoms with Crippen molar-refractivity contribution in [2.75, 3.05) is 6.54 Å². The van der Waals surface area contributed by atoms with Crippen LogP contribution in [0.15, 0.2) is 17.5 Å². The molecule has 1 nitrogen and oxygen atoms in total. The summed E-state index contributed by atoms with van der Waals surface area (Å²) in [4.78, 5) is 1.61. The monoisotopic (exact) mass is 293 g/mol. The van der Waals surface area contributed by atoms with Crippen LogP contribution in [-0.4, -0.2) is 12.6 Å². The minimum Gasteiger partial charge on any atom is -0.314 e. The topological polar surface area (TPSA) is 12.0 Å². The second kappa shape index (κ2) is 6.62. The highest BCUT2D eigenvalue weighted by Crippen LogP contribution is 2.60. The quantitative estimate of drug-likeness (QED) is 0.680. The van der Waals surface area contributed by atoms with Gasteiger partial charge in [-0.3, -0.25) is 0 Å². The van der Waals surface area contributed by atoms with Crippen LogP contribution in [0.4, 0.5) is 0 Å². The van der Waals surface area contributed by atoms with Gasteiger partial charge in [0.25, 0.3) is 0 Å². The van der Waals surface area contributed by atoms with Crippen LogP contribution in [0.3, 0.4) is 0 Å². The van der Waals surface area contributed by atoms with Gasteiger partial charge in [0.1, 0.15) is 0 Å². The molecule has 1 N–H and O–H groups in total. The van der Waals surface area contributed by atoms with Crippen molar-refractivity contribution in [3.8, 4) is 0 Å². The number of rotatable bonds is 8. The maximum Gasteiger partial charge on any atom is 0.0182 e. The molecule has 2 heteroatoms. The molecule has 1 heterocycles. The van der Waals surface area contributed by atoms with Gasteiger partial charge in [0.2, 0.25) is 0 Å². The lowest BCUT2D eigenvalue weighted by Crippen LogP contribution is -2.55. The lowest BCUT2D eigenvalue weighted by molar-refractivity contribution is 0.00399. The Morgan fingerprint density at radius 3 is 2.30 bits per heavy atom. The lowest BCUT2D eigenvalue weighted by Gasteiger charge is -2.57. The highest BCUT2D eigenvalue weighted by atomic mass is 32.1. The zero-order valence-corrected chi connectivity index (χ0v) is 14.5. The van der Waals surface area contributed by atoms with Crippen molar-refractivity contribution in [3.63, 3.8) is 0 Å². The molecule has 0 aliphatic heterocycles. The minimum atomic E-state index is 0.419. The second-order valence-electron chi connectivity index (χ2n) is 7.15. The van der Waals surface area contributed by atoms with Gasteiger partial charge in [0, 0.05) is 22.9 Å². The van der Waals surface area contributed by atoms with E-state index in [1.165, 1.54) is 38.5 Å².